The first kappa shape index (κ1) is 38.4. The molecule has 1 aliphatic carbocycles. The molecule has 2 aromatic carbocycles. The molecule has 15 heteroatoms. The van der Waals surface area contributed by atoms with Crippen molar-refractivity contribution in [2.75, 3.05) is 44.2 Å². The molecule has 1 amide bonds. The molecule has 7 heterocycles. The molecule has 304 valence electrons. The summed E-state index contributed by atoms with van der Waals surface area (Å²) in [6, 6.07) is 18.7. The highest BCUT2D eigenvalue weighted by molar-refractivity contribution is 7.15. The van der Waals surface area contributed by atoms with Crippen LogP contribution in [0.4, 0.5) is 5.69 Å². The second-order valence-electron chi connectivity index (χ2n) is 16.2. The first-order valence-electron chi connectivity index (χ1n) is 20.6. The van der Waals surface area contributed by atoms with E-state index in [1.54, 1.807) is 11.3 Å². The van der Waals surface area contributed by atoms with Crippen molar-refractivity contribution in [1.29, 1.82) is 0 Å². The number of carbonyl (C=O) groups excluding carboxylic acids is 1. The number of nitrogens with zero attached hydrogens (tertiary/aromatic N) is 9. The van der Waals surface area contributed by atoms with Crippen LogP contribution in [0.25, 0.3) is 27.4 Å². The number of aromatic nitrogens is 6. The molecule has 3 fully saturated rings. The number of benzene rings is 2. The van der Waals surface area contributed by atoms with E-state index < -0.39 is 6.04 Å². The van der Waals surface area contributed by atoms with Gasteiger partial charge in [0.2, 0.25) is 5.91 Å². The van der Waals surface area contributed by atoms with Crippen molar-refractivity contribution in [3.8, 4) is 22.3 Å². The van der Waals surface area contributed by atoms with Crippen molar-refractivity contribution in [1.82, 2.24) is 39.5 Å². The van der Waals surface area contributed by atoms with E-state index in [1.807, 2.05) is 42.2 Å². The van der Waals surface area contributed by atoms with Gasteiger partial charge in [-0.05, 0) is 88.8 Å². The molecule has 4 aromatic heterocycles. The highest BCUT2D eigenvalue weighted by atomic mass is 35.5. The van der Waals surface area contributed by atoms with Crippen molar-refractivity contribution in [2.45, 2.75) is 77.5 Å². The molecule has 6 aromatic rings. The number of rotatable bonds is 8. The van der Waals surface area contributed by atoms with Gasteiger partial charge in [0.25, 0.3) is 6.01 Å². The number of halogens is 2. The molecule has 2 saturated heterocycles. The maximum Gasteiger partial charge on any atom is 0.296 e. The van der Waals surface area contributed by atoms with Crippen LogP contribution in [-0.2, 0) is 4.79 Å². The van der Waals surface area contributed by atoms with E-state index in [0.29, 0.717) is 39.3 Å². The predicted octanol–water partition coefficient (Wildman–Crippen LogP) is 8.53. The van der Waals surface area contributed by atoms with Gasteiger partial charge in [0.05, 0.1) is 28.4 Å². The van der Waals surface area contributed by atoms with Crippen molar-refractivity contribution < 1.29 is 9.53 Å². The number of imidazole rings is 1. The number of anilines is 1. The van der Waals surface area contributed by atoms with E-state index in [1.165, 1.54) is 22.5 Å². The van der Waals surface area contributed by atoms with E-state index in [0.717, 1.165) is 104 Å². The maximum absolute atomic E-state index is 14.1. The minimum Gasteiger partial charge on any atom is -0.461 e. The summed E-state index contributed by atoms with van der Waals surface area (Å²) in [4.78, 5) is 40.3. The molecule has 1 saturated carbocycles. The second-order valence-corrected chi connectivity index (χ2v) is 18.2. The fraction of sp³-hybridized carbons (Fsp3) is 0.409. The normalized spacial score (nSPS) is 19.0. The monoisotopic (exact) mass is 848 g/mol. The van der Waals surface area contributed by atoms with Gasteiger partial charge in [-0.1, -0.05) is 47.5 Å². The van der Waals surface area contributed by atoms with Crippen molar-refractivity contribution in [3.05, 3.63) is 97.9 Å². The fourth-order valence-corrected chi connectivity index (χ4v) is 10.5. The van der Waals surface area contributed by atoms with Gasteiger partial charge >= 0.3 is 0 Å². The van der Waals surface area contributed by atoms with Crippen LogP contribution in [0, 0.1) is 20.8 Å². The molecule has 10 rings (SSSR count). The molecule has 0 bridgehead atoms. The third kappa shape index (κ3) is 7.30. The first-order valence-corrected chi connectivity index (χ1v) is 22.2. The SMILES string of the molecule is Cc1sc2c(c1C)C(c1ccc(Cl)cc1)=N[C@@H](CC(=O)N1CCC(N3CCN(c4ccc(-c5nc6nc(OC7CCC7)[nH]c6cc5Cl)cc4)CC3)CC1)c1nnc(C)n1-2. The zero-order valence-corrected chi connectivity index (χ0v) is 35.7. The molecule has 1 atom stereocenters. The average Bonchev–Trinajstić information content (AvgIpc) is 3.88. The highest BCUT2D eigenvalue weighted by Crippen LogP contribution is 2.40. The molecular weight excluding hydrogens is 804 g/mol. The van der Waals surface area contributed by atoms with Crippen LogP contribution in [0.3, 0.4) is 0 Å². The summed E-state index contributed by atoms with van der Waals surface area (Å²) in [5.74, 6) is 1.61. The molecule has 0 unspecified atom stereocenters. The van der Waals surface area contributed by atoms with Crippen molar-refractivity contribution in [2.24, 2.45) is 4.99 Å². The van der Waals surface area contributed by atoms with Gasteiger partial charge in [0.15, 0.2) is 11.5 Å². The second kappa shape index (κ2) is 15.7. The van der Waals surface area contributed by atoms with Crippen molar-refractivity contribution >= 4 is 63.0 Å². The summed E-state index contributed by atoms with van der Waals surface area (Å²) < 4.78 is 8.06. The van der Waals surface area contributed by atoms with Gasteiger partial charge in [0, 0.05) is 77.6 Å². The lowest BCUT2D eigenvalue weighted by Crippen LogP contribution is -2.53. The number of aromatic amines is 1. The quantitative estimate of drug-likeness (QED) is 0.162. The van der Waals surface area contributed by atoms with Crippen LogP contribution in [0.1, 0.15) is 77.8 Å². The number of H-pyrrole nitrogens is 1. The van der Waals surface area contributed by atoms with Gasteiger partial charge in [-0.2, -0.15) is 4.98 Å². The number of thiophene rings is 1. The summed E-state index contributed by atoms with van der Waals surface area (Å²) in [6.07, 6.45) is 5.71. The lowest BCUT2D eigenvalue weighted by molar-refractivity contribution is -0.133. The lowest BCUT2D eigenvalue weighted by Gasteiger charge is -2.43. The Morgan fingerprint density at radius 1 is 0.881 bits per heavy atom. The molecule has 3 aliphatic heterocycles. The van der Waals surface area contributed by atoms with Gasteiger partial charge in [-0.3, -0.25) is 19.3 Å². The zero-order chi connectivity index (χ0) is 40.4. The van der Waals surface area contributed by atoms with Crippen LogP contribution in [0.5, 0.6) is 6.01 Å². The summed E-state index contributed by atoms with van der Waals surface area (Å²) in [5.41, 5.74) is 8.33. The number of carbonyl (C=O) groups is 1. The van der Waals surface area contributed by atoms with E-state index >= 15 is 0 Å². The fourth-order valence-electron chi connectivity index (χ4n) is 8.88. The Balaban J connectivity index is 0.767. The van der Waals surface area contributed by atoms with E-state index in [4.69, 9.17) is 37.9 Å². The number of piperidine rings is 1. The number of amides is 1. The smallest absolute Gasteiger partial charge is 0.296 e. The number of pyridine rings is 1. The van der Waals surface area contributed by atoms with Crippen LogP contribution >= 0.6 is 34.5 Å². The van der Waals surface area contributed by atoms with Gasteiger partial charge in [-0.15, -0.1) is 21.5 Å². The summed E-state index contributed by atoms with van der Waals surface area (Å²) in [5, 5.41) is 11.4. The summed E-state index contributed by atoms with van der Waals surface area (Å²) >= 11 is 14.7. The zero-order valence-electron chi connectivity index (χ0n) is 33.4. The minimum absolute atomic E-state index is 0.106. The summed E-state index contributed by atoms with van der Waals surface area (Å²) in [6.45, 7) is 11.6. The largest absolute Gasteiger partial charge is 0.461 e. The third-order valence-electron chi connectivity index (χ3n) is 12.6. The number of aryl methyl sites for hydroxylation is 2. The van der Waals surface area contributed by atoms with Gasteiger partial charge in [0.1, 0.15) is 23.0 Å². The van der Waals surface area contributed by atoms with E-state index in [2.05, 4.69) is 72.6 Å². The molecule has 4 aliphatic rings. The van der Waals surface area contributed by atoms with Gasteiger partial charge < -0.3 is 19.5 Å². The van der Waals surface area contributed by atoms with Gasteiger partial charge in [-0.25, -0.2) is 4.98 Å². The number of hydrogen-bond donors (Lipinski definition) is 1. The molecule has 1 N–H and O–H groups in total. The number of likely N-dealkylation sites (tertiary alicyclic amines) is 1. The Kier molecular flexibility index (Phi) is 10.2. The van der Waals surface area contributed by atoms with E-state index in [9.17, 15) is 4.79 Å². The molecule has 0 spiro atoms. The first-order chi connectivity index (χ1) is 28.7. The summed E-state index contributed by atoms with van der Waals surface area (Å²) in [7, 11) is 0. The minimum atomic E-state index is -0.466. The van der Waals surface area contributed by atoms with Crippen LogP contribution < -0.4 is 9.64 Å². The van der Waals surface area contributed by atoms with E-state index in [-0.39, 0.29) is 18.4 Å². The predicted molar refractivity (Wildman–Crippen MR) is 234 cm³/mol. The van der Waals surface area contributed by atoms with Crippen LogP contribution in [0.15, 0.2) is 59.6 Å². The number of hydrogen-bond acceptors (Lipinski definition) is 10. The highest BCUT2D eigenvalue weighted by Gasteiger charge is 2.35. The van der Waals surface area contributed by atoms with Crippen LogP contribution in [0.2, 0.25) is 10.0 Å². The number of piperazine rings is 1. The molecule has 12 nitrogen and oxygen atoms in total. The lowest BCUT2D eigenvalue weighted by atomic mass is 9.96. The average molecular weight is 850 g/mol. The topological polar surface area (TPSA) is 121 Å². The maximum atomic E-state index is 14.1. The number of aliphatic imine (C=N–C) groups is 1. The Morgan fingerprint density at radius 2 is 1.61 bits per heavy atom. The standard InChI is InChI=1S/C44H46Cl2N10O2S/c1-25-26(2)59-43-38(25)40(29-7-11-30(45)12-8-29)47-36(42-52-51-27(3)56(42)43)24-37(57)55-17-15-32(16-18-55)54-21-19-53(20-22-54)31-13-9-28(10-14-31)39-34(46)23-35-41(49-39)50-44(48-35)58-33-5-4-6-33/h7-14,23,32-33,36H,4-6,15-22,24H2,1-3H3,(H,48,49,50)/t36-/m0/s1. The Labute approximate surface area is 357 Å². The Bertz CT molecular complexity index is 2560. The number of fused-ring (bicyclic) bond motifs is 4. The third-order valence-corrected chi connectivity index (χ3v) is 14.3. The van der Waals surface area contributed by atoms with Crippen molar-refractivity contribution in [3.63, 3.8) is 0 Å². The number of nitrogens with one attached hydrogen (secondary N) is 1. The molecule has 59 heavy (non-hydrogen) atoms. The number of ether oxygens (including phenoxy) is 1. The Morgan fingerprint density at radius 3 is 2.32 bits per heavy atom. The van der Waals surface area contributed by atoms with Crippen LogP contribution in [-0.4, -0.2) is 103 Å². The molecule has 0 radical (unpaired) electrons. The molecular formula is C44H46Cl2N10O2S. The Hall–Kier alpha value is -4.82.